The van der Waals surface area contributed by atoms with Crippen LogP contribution in [0.2, 0.25) is 5.02 Å². The first-order valence-electron chi connectivity index (χ1n) is 14.0. The van der Waals surface area contributed by atoms with E-state index in [0.717, 1.165) is 46.7 Å². The maximum absolute atomic E-state index is 14.1. The number of rotatable bonds is 10. The number of sulfonamides is 1. The quantitative estimate of drug-likeness (QED) is 0.314. The van der Waals surface area contributed by atoms with Gasteiger partial charge in [0.2, 0.25) is 11.8 Å². The molecule has 0 heterocycles. The van der Waals surface area contributed by atoms with E-state index in [-0.39, 0.29) is 23.4 Å². The van der Waals surface area contributed by atoms with Crippen LogP contribution in [0.25, 0.3) is 0 Å². The second kappa shape index (κ2) is 13.1. The molecule has 41 heavy (non-hydrogen) atoms. The Labute approximate surface area is 248 Å². The molecule has 0 spiro atoms. The van der Waals surface area contributed by atoms with Crippen molar-refractivity contribution in [1.82, 2.24) is 10.2 Å². The summed E-state index contributed by atoms with van der Waals surface area (Å²) in [4.78, 5) is 29.0. The molecule has 3 aromatic rings. The van der Waals surface area contributed by atoms with Gasteiger partial charge in [-0.2, -0.15) is 0 Å². The summed E-state index contributed by atoms with van der Waals surface area (Å²) < 4.78 is 29.2. The smallest absolute Gasteiger partial charge is 0.264 e. The van der Waals surface area contributed by atoms with Gasteiger partial charge in [-0.05, 0) is 75.9 Å². The summed E-state index contributed by atoms with van der Waals surface area (Å²) in [5, 5.41) is 3.48. The SMILES string of the molecule is Cc1ccc(S(=O)(=O)N(CC(=O)N(Cc2cccc(C)c2)[C@@H](C)C(=O)NC2CCCC2)c2cccc(Cl)c2C)cc1. The van der Waals surface area contributed by atoms with E-state index in [1.165, 1.54) is 17.0 Å². The predicted octanol–water partition coefficient (Wildman–Crippen LogP) is 5.94. The maximum atomic E-state index is 14.1. The second-order valence-corrected chi connectivity index (χ2v) is 13.2. The zero-order valence-electron chi connectivity index (χ0n) is 24.1. The molecular weight excluding hydrogens is 558 g/mol. The zero-order chi connectivity index (χ0) is 29.7. The van der Waals surface area contributed by atoms with E-state index in [4.69, 9.17) is 11.6 Å². The van der Waals surface area contributed by atoms with Crippen LogP contribution in [0.15, 0.2) is 71.6 Å². The number of benzene rings is 3. The molecule has 9 heteroatoms. The molecule has 0 radical (unpaired) electrons. The van der Waals surface area contributed by atoms with E-state index >= 15 is 0 Å². The monoisotopic (exact) mass is 595 g/mol. The van der Waals surface area contributed by atoms with E-state index in [2.05, 4.69) is 5.32 Å². The van der Waals surface area contributed by atoms with Crippen molar-refractivity contribution in [1.29, 1.82) is 0 Å². The molecule has 1 N–H and O–H groups in total. The van der Waals surface area contributed by atoms with Gasteiger partial charge in [0.1, 0.15) is 12.6 Å². The molecule has 218 valence electrons. The van der Waals surface area contributed by atoms with E-state index in [0.29, 0.717) is 16.3 Å². The fourth-order valence-corrected chi connectivity index (χ4v) is 6.84. The molecule has 1 aliphatic rings. The van der Waals surface area contributed by atoms with Crippen LogP contribution >= 0.6 is 11.6 Å². The standard InChI is InChI=1S/C32H38ClN3O4S/c1-22-15-17-28(18-16-22)41(39,40)36(30-14-8-13-29(33)24(30)3)21-31(37)35(20-26-10-7-9-23(2)19-26)25(4)32(38)34-27-11-5-6-12-27/h7-10,13-19,25,27H,5-6,11-12,20-21H2,1-4H3,(H,34,38)/t25-/m0/s1. The van der Waals surface area contributed by atoms with E-state index in [1.807, 2.05) is 38.1 Å². The lowest BCUT2D eigenvalue weighted by molar-refractivity contribution is -0.139. The molecule has 1 atom stereocenters. The van der Waals surface area contributed by atoms with E-state index in [1.54, 1.807) is 44.2 Å². The van der Waals surface area contributed by atoms with Crippen LogP contribution in [0.1, 0.15) is 54.9 Å². The number of aryl methyl sites for hydroxylation is 2. The largest absolute Gasteiger partial charge is 0.352 e. The Kier molecular flexibility index (Phi) is 9.76. The molecule has 0 bridgehead atoms. The number of carbonyl (C=O) groups excluding carboxylic acids is 2. The summed E-state index contributed by atoms with van der Waals surface area (Å²) in [7, 11) is -4.16. The molecule has 0 aromatic heterocycles. The molecular formula is C32H38ClN3O4S. The normalized spacial score (nSPS) is 14.5. The molecule has 0 saturated heterocycles. The summed E-state index contributed by atoms with van der Waals surface area (Å²) >= 11 is 6.40. The molecule has 1 aliphatic carbocycles. The van der Waals surface area contributed by atoms with E-state index < -0.39 is 28.5 Å². The number of carbonyl (C=O) groups is 2. The van der Waals surface area contributed by atoms with Crippen LogP contribution in [0.5, 0.6) is 0 Å². The number of nitrogens with one attached hydrogen (secondary N) is 1. The third-order valence-electron chi connectivity index (χ3n) is 7.70. The van der Waals surface area contributed by atoms with Crippen molar-refractivity contribution in [2.45, 2.75) is 76.9 Å². The van der Waals surface area contributed by atoms with Gasteiger partial charge in [0, 0.05) is 17.6 Å². The minimum Gasteiger partial charge on any atom is -0.352 e. The van der Waals surface area contributed by atoms with Gasteiger partial charge in [0.05, 0.1) is 10.6 Å². The van der Waals surface area contributed by atoms with Gasteiger partial charge in [-0.3, -0.25) is 13.9 Å². The lowest BCUT2D eigenvalue weighted by atomic mass is 10.1. The highest BCUT2D eigenvalue weighted by Crippen LogP contribution is 2.31. The highest BCUT2D eigenvalue weighted by Gasteiger charge is 2.34. The lowest BCUT2D eigenvalue weighted by Crippen LogP contribution is -2.52. The number of amides is 2. The first-order chi connectivity index (χ1) is 19.5. The summed E-state index contributed by atoms with van der Waals surface area (Å²) in [6, 6.07) is 18.5. The van der Waals surface area contributed by atoms with Crippen molar-refractivity contribution in [2.24, 2.45) is 0 Å². The number of nitrogens with zero attached hydrogens (tertiary/aromatic N) is 2. The molecule has 2 amide bonds. The van der Waals surface area contributed by atoms with Crippen molar-refractivity contribution < 1.29 is 18.0 Å². The fourth-order valence-electron chi connectivity index (χ4n) is 5.20. The van der Waals surface area contributed by atoms with E-state index in [9.17, 15) is 18.0 Å². The van der Waals surface area contributed by atoms with Gasteiger partial charge in [-0.1, -0.05) is 78.0 Å². The van der Waals surface area contributed by atoms with Gasteiger partial charge in [-0.25, -0.2) is 8.42 Å². The third kappa shape index (κ3) is 7.29. The Bertz CT molecular complexity index is 1500. The minimum atomic E-state index is -4.16. The topological polar surface area (TPSA) is 86.8 Å². The number of anilines is 1. The van der Waals surface area contributed by atoms with Crippen molar-refractivity contribution in [3.05, 3.63) is 94.0 Å². The van der Waals surface area contributed by atoms with Crippen LogP contribution in [-0.4, -0.2) is 43.8 Å². The van der Waals surface area contributed by atoms with Crippen molar-refractivity contribution in [3.63, 3.8) is 0 Å². The van der Waals surface area contributed by atoms with Crippen LogP contribution in [-0.2, 0) is 26.2 Å². The summed E-state index contributed by atoms with van der Waals surface area (Å²) in [6.07, 6.45) is 3.97. The Morgan fingerprint density at radius 2 is 1.61 bits per heavy atom. The Hall–Kier alpha value is -3.36. The highest BCUT2D eigenvalue weighted by atomic mass is 35.5. The molecule has 1 saturated carbocycles. The lowest BCUT2D eigenvalue weighted by Gasteiger charge is -2.33. The first kappa shape index (κ1) is 30.6. The van der Waals surface area contributed by atoms with Crippen molar-refractivity contribution in [2.75, 3.05) is 10.8 Å². The molecule has 3 aromatic carbocycles. The van der Waals surface area contributed by atoms with Gasteiger partial charge in [-0.15, -0.1) is 0 Å². The van der Waals surface area contributed by atoms with Crippen LogP contribution in [0.3, 0.4) is 0 Å². The second-order valence-electron chi connectivity index (χ2n) is 10.9. The number of hydrogen-bond donors (Lipinski definition) is 1. The first-order valence-corrected chi connectivity index (χ1v) is 15.8. The highest BCUT2D eigenvalue weighted by molar-refractivity contribution is 7.92. The zero-order valence-corrected chi connectivity index (χ0v) is 25.6. The average molecular weight is 596 g/mol. The third-order valence-corrected chi connectivity index (χ3v) is 9.88. The van der Waals surface area contributed by atoms with Gasteiger partial charge >= 0.3 is 0 Å². The average Bonchev–Trinajstić information content (AvgIpc) is 3.45. The molecule has 4 rings (SSSR count). The minimum absolute atomic E-state index is 0.0625. The van der Waals surface area contributed by atoms with Crippen molar-refractivity contribution >= 4 is 39.1 Å². The molecule has 1 fully saturated rings. The predicted molar refractivity (Wildman–Crippen MR) is 163 cm³/mol. The van der Waals surface area contributed by atoms with Crippen LogP contribution in [0, 0.1) is 20.8 Å². The Morgan fingerprint density at radius 1 is 0.951 bits per heavy atom. The Balaban J connectivity index is 1.72. The van der Waals surface area contributed by atoms with Gasteiger partial charge in [0.25, 0.3) is 10.0 Å². The van der Waals surface area contributed by atoms with Crippen LogP contribution in [0.4, 0.5) is 5.69 Å². The van der Waals surface area contributed by atoms with Crippen LogP contribution < -0.4 is 9.62 Å². The van der Waals surface area contributed by atoms with Gasteiger partial charge in [0.15, 0.2) is 0 Å². The summed E-state index contributed by atoms with van der Waals surface area (Å²) in [6.45, 7) is 6.92. The summed E-state index contributed by atoms with van der Waals surface area (Å²) in [5.74, 6) is -0.736. The molecule has 7 nitrogen and oxygen atoms in total. The Morgan fingerprint density at radius 3 is 2.27 bits per heavy atom. The fraction of sp³-hybridized carbons (Fsp3) is 0.375. The van der Waals surface area contributed by atoms with Crippen molar-refractivity contribution in [3.8, 4) is 0 Å². The van der Waals surface area contributed by atoms with Gasteiger partial charge < -0.3 is 10.2 Å². The maximum Gasteiger partial charge on any atom is 0.264 e. The number of halogens is 1. The number of hydrogen-bond acceptors (Lipinski definition) is 4. The molecule has 0 unspecified atom stereocenters. The molecule has 0 aliphatic heterocycles. The summed E-state index contributed by atoms with van der Waals surface area (Å²) in [5.41, 5.74) is 3.64.